The van der Waals surface area contributed by atoms with Gasteiger partial charge in [0.05, 0.1) is 5.02 Å². The highest BCUT2D eigenvalue weighted by Crippen LogP contribution is 2.46. The molecule has 1 aliphatic heterocycles. The number of rotatable bonds is 3. The predicted octanol–water partition coefficient (Wildman–Crippen LogP) is 4.84. The maximum absolute atomic E-state index is 13.0. The highest BCUT2D eigenvalue weighted by Gasteiger charge is 2.34. The van der Waals surface area contributed by atoms with Crippen LogP contribution in [0.5, 0.6) is 0 Å². The van der Waals surface area contributed by atoms with Crippen molar-refractivity contribution in [2.75, 3.05) is 16.6 Å². The molecule has 0 radical (unpaired) electrons. The van der Waals surface area contributed by atoms with Crippen LogP contribution < -0.4 is 10.0 Å². The highest BCUT2D eigenvalue weighted by molar-refractivity contribution is 7.92. The Labute approximate surface area is 159 Å². The molecule has 0 aromatic heterocycles. The van der Waals surface area contributed by atoms with Gasteiger partial charge in [0.2, 0.25) is 0 Å². The summed E-state index contributed by atoms with van der Waals surface area (Å²) in [6.07, 6.45) is 5.28. The molecule has 26 heavy (non-hydrogen) atoms. The summed E-state index contributed by atoms with van der Waals surface area (Å²) < 4.78 is 28.6. The molecular formula is C20H21ClN2O2S. The van der Waals surface area contributed by atoms with Crippen LogP contribution in [-0.4, -0.2) is 15.0 Å². The van der Waals surface area contributed by atoms with Gasteiger partial charge < -0.3 is 5.32 Å². The standard InChI is InChI=1S/C20H21ClN2O2S/c1-12-6-7-15(10-13(12)2)23-26(24,25)18-9-8-17-19(20(18)21)16-5-3-4-14(16)11-22-17/h3,5-10,14,16,22-23H,4,11H2,1-2H3. The van der Waals surface area contributed by atoms with Crippen LogP contribution >= 0.6 is 11.6 Å². The summed E-state index contributed by atoms with van der Waals surface area (Å²) in [6, 6.07) is 8.90. The minimum Gasteiger partial charge on any atom is -0.384 e. The maximum Gasteiger partial charge on any atom is 0.263 e. The molecule has 4 rings (SSSR count). The quantitative estimate of drug-likeness (QED) is 0.739. The van der Waals surface area contributed by atoms with Crippen LogP contribution in [-0.2, 0) is 10.0 Å². The summed E-state index contributed by atoms with van der Waals surface area (Å²) in [5.41, 5.74) is 4.50. The number of fused-ring (bicyclic) bond motifs is 3. The molecule has 136 valence electrons. The van der Waals surface area contributed by atoms with Crippen molar-refractivity contribution < 1.29 is 8.42 Å². The Kier molecular flexibility index (Phi) is 4.24. The molecule has 2 atom stereocenters. The Bertz CT molecular complexity index is 1010. The number of anilines is 2. The second kappa shape index (κ2) is 6.32. The molecule has 2 N–H and O–H groups in total. The van der Waals surface area contributed by atoms with Crippen molar-refractivity contribution in [1.82, 2.24) is 0 Å². The van der Waals surface area contributed by atoms with E-state index in [-0.39, 0.29) is 10.8 Å². The lowest BCUT2D eigenvalue weighted by Gasteiger charge is -2.30. The average molecular weight is 389 g/mol. The molecule has 0 fully saturated rings. The number of sulfonamides is 1. The zero-order valence-corrected chi connectivity index (χ0v) is 16.3. The van der Waals surface area contributed by atoms with Crippen LogP contribution in [0.2, 0.25) is 5.02 Å². The lowest BCUT2D eigenvalue weighted by molar-refractivity contribution is 0.521. The van der Waals surface area contributed by atoms with Crippen molar-refractivity contribution in [3.8, 4) is 0 Å². The molecule has 0 spiro atoms. The minimum absolute atomic E-state index is 0.124. The first-order valence-electron chi connectivity index (χ1n) is 8.70. The Morgan fingerprint density at radius 3 is 2.73 bits per heavy atom. The third kappa shape index (κ3) is 2.89. The molecule has 4 nitrogen and oxygen atoms in total. The van der Waals surface area contributed by atoms with Crippen LogP contribution in [0.15, 0.2) is 47.4 Å². The monoisotopic (exact) mass is 388 g/mol. The zero-order valence-electron chi connectivity index (χ0n) is 14.7. The van der Waals surface area contributed by atoms with Gasteiger partial charge in [-0.3, -0.25) is 4.72 Å². The summed E-state index contributed by atoms with van der Waals surface area (Å²) in [5, 5.41) is 3.69. The second-order valence-electron chi connectivity index (χ2n) is 7.07. The summed E-state index contributed by atoms with van der Waals surface area (Å²) >= 11 is 6.61. The predicted molar refractivity (Wildman–Crippen MR) is 107 cm³/mol. The van der Waals surface area contributed by atoms with Gasteiger partial charge in [-0.2, -0.15) is 0 Å². The van der Waals surface area contributed by atoms with Crippen LogP contribution in [0.25, 0.3) is 0 Å². The molecule has 2 aromatic rings. The van der Waals surface area contributed by atoms with Crippen LogP contribution in [0.1, 0.15) is 29.0 Å². The summed E-state index contributed by atoms with van der Waals surface area (Å²) in [6.45, 7) is 4.83. The largest absolute Gasteiger partial charge is 0.384 e. The molecule has 0 amide bonds. The maximum atomic E-state index is 13.0. The molecule has 1 aliphatic carbocycles. The van der Waals surface area contributed by atoms with E-state index in [1.807, 2.05) is 32.0 Å². The van der Waals surface area contributed by atoms with E-state index < -0.39 is 10.0 Å². The fourth-order valence-corrected chi connectivity index (χ4v) is 5.50. The molecule has 0 saturated carbocycles. The van der Waals surface area contributed by atoms with E-state index in [1.165, 1.54) is 0 Å². The number of hydrogen-bond acceptors (Lipinski definition) is 3. The van der Waals surface area contributed by atoms with Gasteiger partial charge in [0.1, 0.15) is 4.90 Å². The molecule has 0 saturated heterocycles. The second-order valence-corrected chi connectivity index (χ2v) is 9.10. The van der Waals surface area contributed by atoms with E-state index in [0.29, 0.717) is 16.6 Å². The molecule has 2 unspecified atom stereocenters. The Morgan fingerprint density at radius 2 is 1.96 bits per heavy atom. The van der Waals surface area contributed by atoms with Crippen LogP contribution in [0, 0.1) is 19.8 Å². The minimum atomic E-state index is -3.77. The fourth-order valence-electron chi connectivity index (χ4n) is 3.76. The topological polar surface area (TPSA) is 58.2 Å². The third-order valence-electron chi connectivity index (χ3n) is 5.37. The molecule has 1 heterocycles. The summed E-state index contributed by atoms with van der Waals surface area (Å²) in [5.74, 6) is 0.612. The van der Waals surface area contributed by atoms with Gasteiger partial charge in [0, 0.05) is 29.4 Å². The third-order valence-corrected chi connectivity index (χ3v) is 7.31. The van der Waals surface area contributed by atoms with E-state index in [4.69, 9.17) is 11.6 Å². The van der Waals surface area contributed by atoms with Gasteiger partial charge in [-0.05, 0) is 61.6 Å². The first-order valence-corrected chi connectivity index (χ1v) is 10.6. The lowest BCUT2D eigenvalue weighted by atomic mass is 9.84. The normalized spacial score (nSPS) is 21.0. The van der Waals surface area contributed by atoms with Crippen LogP contribution in [0.3, 0.4) is 0 Å². The van der Waals surface area contributed by atoms with E-state index in [0.717, 1.165) is 35.3 Å². The molecule has 6 heteroatoms. The van der Waals surface area contributed by atoms with E-state index in [2.05, 4.69) is 22.2 Å². The van der Waals surface area contributed by atoms with Crippen molar-refractivity contribution >= 4 is 33.0 Å². The summed E-state index contributed by atoms with van der Waals surface area (Å²) in [4.78, 5) is 0.124. The Balaban J connectivity index is 1.74. The molecule has 2 aromatic carbocycles. The van der Waals surface area contributed by atoms with Crippen LogP contribution in [0.4, 0.5) is 11.4 Å². The molecular weight excluding hydrogens is 368 g/mol. The number of aryl methyl sites for hydroxylation is 2. The van der Waals surface area contributed by atoms with Gasteiger partial charge in [0.25, 0.3) is 10.0 Å². The van der Waals surface area contributed by atoms with E-state index in [9.17, 15) is 8.42 Å². The van der Waals surface area contributed by atoms with Gasteiger partial charge in [-0.25, -0.2) is 8.42 Å². The van der Waals surface area contributed by atoms with Crippen molar-refractivity contribution in [2.24, 2.45) is 5.92 Å². The average Bonchev–Trinajstić information content (AvgIpc) is 3.06. The van der Waals surface area contributed by atoms with E-state index >= 15 is 0 Å². The van der Waals surface area contributed by atoms with Gasteiger partial charge in [-0.1, -0.05) is 29.8 Å². The first kappa shape index (κ1) is 17.4. The van der Waals surface area contributed by atoms with Crippen molar-refractivity contribution in [2.45, 2.75) is 31.1 Å². The van der Waals surface area contributed by atoms with Gasteiger partial charge in [0.15, 0.2) is 0 Å². The number of benzene rings is 2. The number of hydrogen-bond donors (Lipinski definition) is 2. The van der Waals surface area contributed by atoms with Crippen molar-refractivity contribution in [3.05, 3.63) is 64.2 Å². The van der Waals surface area contributed by atoms with E-state index in [1.54, 1.807) is 12.1 Å². The Hall–Kier alpha value is -1.98. The lowest BCUT2D eigenvalue weighted by Crippen LogP contribution is -2.25. The molecule has 2 aliphatic rings. The van der Waals surface area contributed by atoms with Gasteiger partial charge >= 0.3 is 0 Å². The SMILES string of the molecule is Cc1ccc(NS(=O)(=O)c2ccc3c(c2Cl)C2C=CCC2CN3)cc1C. The fraction of sp³-hybridized carbons (Fsp3) is 0.300. The number of halogens is 1. The van der Waals surface area contributed by atoms with Gasteiger partial charge in [-0.15, -0.1) is 0 Å². The first-order chi connectivity index (χ1) is 12.4. The van der Waals surface area contributed by atoms with Crippen molar-refractivity contribution in [1.29, 1.82) is 0 Å². The number of nitrogens with one attached hydrogen (secondary N) is 2. The van der Waals surface area contributed by atoms with Crippen molar-refractivity contribution in [3.63, 3.8) is 0 Å². The number of allylic oxidation sites excluding steroid dienone is 2. The molecule has 0 bridgehead atoms. The summed E-state index contributed by atoms with van der Waals surface area (Å²) in [7, 11) is -3.77. The zero-order chi connectivity index (χ0) is 18.5. The smallest absolute Gasteiger partial charge is 0.263 e. The highest BCUT2D eigenvalue weighted by atomic mass is 35.5. The Morgan fingerprint density at radius 1 is 1.15 bits per heavy atom.